The van der Waals surface area contributed by atoms with Gasteiger partial charge in [0.15, 0.2) is 5.82 Å². The Hall–Kier alpha value is -2.40. The average Bonchev–Trinajstić information content (AvgIpc) is 2.88. The topological polar surface area (TPSA) is 65.3 Å². The van der Waals surface area contributed by atoms with Gasteiger partial charge < -0.3 is 5.73 Å². The summed E-state index contributed by atoms with van der Waals surface area (Å²) in [5, 5.41) is 4.43. The van der Waals surface area contributed by atoms with Crippen molar-refractivity contribution in [2.75, 3.05) is 0 Å². The predicted octanol–water partition coefficient (Wildman–Crippen LogP) is 1.50. The molecule has 0 aliphatic heterocycles. The molecule has 19 heavy (non-hydrogen) atoms. The molecule has 0 saturated carbocycles. The van der Waals surface area contributed by atoms with E-state index >= 15 is 0 Å². The summed E-state index contributed by atoms with van der Waals surface area (Å²) in [5.74, 6) is 0.542. The molecule has 3 rings (SSSR count). The highest BCUT2D eigenvalue weighted by Gasteiger charge is 2.15. The van der Waals surface area contributed by atoms with E-state index in [0.29, 0.717) is 11.3 Å². The zero-order chi connectivity index (χ0) is 13.4. The number of para-hydroxylation sites is 1. The van der Waals surface area contributed by atoms with Crippen LogP contribution in [0, 0.1) is 0 Å². The Morgan fingerprint density at radius 3 is 2.58 bits per heavy atom. The van der Waals surface area contributed by atoms with Crippen LogP contribution < -0.4 is 11.3 Å². The molecule has 0 radical (unpaired) electrons. The first-order valence-electron chi connectivity index (χ1n) is 6.10. The Labute approximate surface area is 109 Å². The summed E-state index contributed by atoms with van der Waals surface area (Å²) in [6, 6.07) is 12.6. The van der Waals surface area contributed by atoms with Crippen LogP contribution in [0.4, 0.5) is 0 Å². The van der Waals surface area contributed by atoms with E-state index in [1.807, 2.05) is 37.3 Å². The van der Waals surface area contributed by atoms with Crippen molar-refractivity contribution < 1.29 is 0 Å². The van der Waals surface area contributed by atoms with Crippen molar-refractivity contribution in [2.45, 2.75) is 13.0 Å². The average molecular weight is 254 g/mol. The molecule has 2 N–H and O–H groups in total. The molecule has 0 amide bonds. The van der Waals surface area contributed by atoms with E-state index in [2.05, 4.69) is 5.10 Å². The summed E-state index contributed by atoms with van der Waals surface area (Å²) in [6.45, 7) is 1.82. The molecule has 0 fully saturated rings. The molecular formula is C14H14N4O. The molecule has 0 saturated heterocycles. The Kier molecular flexibility index (Phi) is 2.68. The fraction of sp³-hybridized carbons (Fsp3) is 0.143. The third-order valence-corrected chi connectivity index (χ3v) is 3.01. The van der Waals surface area contributed by atoms with E-state index < -0.39 is 0 Å². The van der Waals surface area contributed by atoms with E-state index in [0.717, 1.165) is 5.69 Å². The number of hydrogen-bond donors (Lipinski definition) is 1. The quantitative estimate of drug-likeness (QED) is 0.753. The van der Waals surface area contributed by atoms with Crippen LogP contribution in [0.1, 0.15) is 18.8 Å². The molecule has 2 aromatic heterocycles. The summed E-state index contributed by atoms with van der Waals surface area (Å²) >= 11 is 0. The van der Waals surface area contributed by atoms with Crippen molar-refractivity contribution in [1.82, 2.24) is 14.2 Å². The molecule has 5 nitrogen and oxygen atoms in total. The molecule has 0 aliphatic carbocycles. The largest absolute Gasteiger partial charge is 0.322 e. The van der Waals surface area contributed by atoms with Gasteiger partial charge in [-0.2, -0.15) is 5.10 Å². The lowest BCUT2D eigenvalue weighted by atomic mass is 10.2. The van der Waals surface area contributed by atoms with Gasteiger partial charge in [-0.1, -0.05) is 18.2 Å². The Balaban J connectivity index is 2.41. The molecule has 1 atom stereocenters. The summed E-state index contributed by atoms with van der Waals surface area (Å²) in [4.78, 5) is 12.6. The van der Waals surface area contributed by atoms with Gasteiger partial charge >= 0.3 is 0 Å². The maximum Gasteiger partial charge on any atom is 0.282 e. The second kappa shape index (κ2) is 4.37. The lowest BCUT2D eigenvalue weighted by Crippen LogP contribution is -2.29. The van der Waals surface area contributed by atoms with E-state index in [9.17, 15) is 4.79 Å². The second-order valence-electron chi connectivity index (χ2n) is 4.46. The van der Waals surface area contributed by atoms with Crippen LogP contribution in [0.25, 0.3) is 11.2 Å². The molecule has 5 heteroatoms. The normalized spacial score (nSPS) is 12.7. The molecule has 2 heterocycles. The lowest BCUT2D eigenvalue weighted by Gasteiger charge is -2.14. The first kappa shape index (κ1) is 11.7. The zero-order valence-electron chi connectivity index (χ0n) is 10.5. The second-order valence-corrected chi connectivity index (χ2v) is 4.46. The van der Waals surface area contributed by atoms with Crippen molar-refractivity contribution in [1.29, 1.82) is 0 Å². The van der Waals surface area contributed by atoms with Gasteiger partial charge in [0, 0.05) is 6.20 Å². The first-order valence-corrected chi connectivity index (χ1v) is 6.10. The van der Waals surface area contributed by atoms with Crippen molar-refractivity contribution in [3.05, 3.63) is 64.8 Å². The minimum absolute atomic E-state index is 0.112. The van der Waals surface area contributed by atoms with E-state index in [-0.39, 0.29) is 11.6 Å². The summed E-state index contributed by atoms with van der Waals surface area (Å²) in [5.41, 5.74) is 7.14. The molecule has 1 unspecified atom stereocenters. The minimum atomic E-state index is -0.334. The van der Waals surface area contributed by atoms with Crippen LogP contribution >= 0.6 is 0 Å². The highest BCUT2D eigenvalue weighted by atomic mass is 16.1. The van der Waals surface area contributed by atoms with Gasteiger partial charge in [0.1, 0.15) is 5.52 Å². The monoisotopic (exact) mass is 254 g/mol. The van der Waals surface area contributed by atoms with Gasteiger partial charge in [-0.25, -0.2) is 4.52 Å². The molecule has 96 valence electrons. The third kappa shape index (κ3) is 1.84. The summed E-state index contributed by atoms with van der Waals surface area (Å²) < 4.78 is 3.14. The van der Waals surface area contributed by atoms with Crippen LogP contribution in [-0.4, -0.2) is 14.2 Å². The van der Waals surface area contributed by atoms with Crippen molar-refractivity contribution in [2.24, 2.45) is 5.73 Å². The molecule has 0 aliphatic rings. The number of fused-ring (bicyclic) bond motifs is 1. The van der Waals surface area contributed by atoms with Crippen molar-refractivity contribution >= 4 is 5.52 Å². The smallest absolute Gasteiger partial charge is 0.282 e. The van der Waals surface area contributed by atoms with Crippen LogP contribution in [0.3, 0.4) is 0 Å². The van der Waals surface area contributed by atoms with Gasteiger partial charge in [0.25, 0.3) is 5.56 Å². The van der Waals surface area contributed by atoms with Gasteiger partial charge in [-0.05, 0) is 31.2 Å². The standard InChI is InChI=1S/C14H14N4O/c1-10(15)13-16-17-9-5-8-12(17)14(19)18(13)11-6-3-2-4-7-11/h2-10H,15H2,1H3. The van der Waals surface area contributed by atoms with Crippen molar-refractivity contribution in [3.63, 3.8) is 0 Å². The molecule has 3 aromatic rings. The van der Waals surface area contributed by atoms with E-state index in [1.54, 1.807) is 27.4 Å². The van der Waals surface area contributed by atoms with Crippen LogP contribution in [0.2, 0.25) is 0 Å². The molecular weight excluding hydrogens is 240 g/mol. The number of benzene rings is 1. The van der Waals surface area contributed by atoms with Gasteiger partial charge in [0.2, 0.25) is 0 Å². The number of nitrogens with zero attached hydrogens (tertiary/aromatic N) is 3. The minimum Gasteiger partial charge on any atom is -0.322 e. The number of hydrogen-bond acceptors (Lipinski definition) is 3. The Bertz CT molecular complexity index is 771. The maximum absolute atomic E-state index is 12.6. The summed E-state index contributed by atoms with van der Waals surface area (Å²) in [6.07, 6.45) is 1.75. The fourth-order valence-corrected chi connectivity index (χ4v) is 2.12. The fourth-order valence-electron chi connectivity index (χ4n) is 2.12. The maximum atomic E-state index is 12.6. The van der Waals surface area contributed by atoms with Gasteiger partial charge in [-0.3, -0.25) is 9.36 Å². The van der Waals surface area contributed by atoms with Gasteiger partial charge in [0.05, 0.1) is 11.7 Å². The van der Waals surface area contributed by atoms with Crippen LogP contribution in [0.5, 0.6) is 0 Å². The van der Waals surface area contributed by atoms with Crippen LogP contribution in [-0.2, 0) is 0 Å². The van der Waals surface area contributed by atoms with Gasteiger partial charge in [-0.15, -0.1) is 0 Å². The molecule has 1 aromatic carbocycles. The lowest BCUT2D eigenvalue weighted by molar-refractivity contribution is 0.647. The van der Waals surface area contributed by atoms with E-state index in [1.165, 1.54) is 0 Å². The Morgan fingerprint density at radius 1 is 1.16 bits per heavy atom. The SMILES string of the molecule is CC(N)c1nn2cccc2c(=O)n1-c1ccccc1. The predicted molar refractivity (Wildman–Crippen MR) is 73.4 cm³/mol. The third-order valence-electron chi connectivity index (χ3n) is 3.01. The Morgan fingerprint density at radius 2 is 1.89 bits per heavy atom. The van der Waals surface area contributed by atoms with Crippen molar-refractivity contribution in [3.8, 4) is 5.69 Å². The van der Waals surface area contributed by atoms with Crippen LogP contribution in [0.15, 0.2) is 53.5 Å². The first-order chi connectivity index (χ1) is 9.18. The number of aromatic nitrogens is 3. The highest BCUT2D eigenvalue weighted by Crippen LogP contribution is 2.12. The number of nitrogens with two attached hydrogens (primary N) is 1. The summed E-state index contributed by atoms with van der Waals surface area (Å²) in [7, 11) is 0. The zero-order valence-corrected chi connectivity index (χ0v) is 10.5. The molecule has 0 spiro atoms. The highest BCUT2D eigenvalue weighted by molar-refractivity contribution is 5.47. The number of rotatable bonds is 2. The van der Waals surface area contributed by atoms with E-state index in [4.69, 9.17) is 5.73 Å². The molecule has 0 bridgehead atoms.